The lowest BCUT2D eigenvalue weighted by Gasteiger charge is -2.23. The highest BCUT2D eigenvalue weighted by atomic mass is 32.2. The summed E-state index contributed by atoms with van der Waals surface area (Å²) in [6, 6.07) is 3.26. The first-order valence-corrected chi connectivity index (χ1v) is 10.1. The zero-order chi connectivity index (χ0) is 15.3. The van der Waals surface area contributed by atoms with Crippen molar-refractivity contribution >= 4 is 27.1 Å². The molecular formula is C15H20O4S2. The second-order valence-corrected chi connectivity index (χ2v) is 9.70. The number of hydrogen-bond donors (Lipinski definition) is 1. The van der Waals surface area contributed by atoms with E-state index in [0.717, 1.165) is 24.2 Å². The molecule has 1 aromatic heterocycles. The Hall–Kier alpha value is -0.880. The molecule has 2 aliphatic carbocycles. The van der Waals surface area contributed by atoms with Gasteiger partial charge in [0.1, 0.15) is 9.62 Å². The molecule has 0 spiro atoms. The monoisotopic (exact) mass is 328 g/mol. The number of sulfone groups is 1. The van der Waals surface area contributed by atoms with Crippen LogP contribution in [-0.2, 0) is 20.0 Å². The van der Waals surface area contributed by atoms with E-state index >= 15 is 0 Å². The van der Waals surface area contributed by atoms with Gasteiger partial charge in [0.15, 0.2) is 9.84 Å². The van der Waals surface area contributed by atoms with E-state index in [9.17, 15) is 18.3 Å². The molecule has 1 heterocycles. The van der Waals surface area contributed by atoms with Crippen LogP contribution < -0.4 is 0 Å². The molecule has 116 valence electrons. The maximum Gasteiger partial charge on any atom is 0.315 e. The van der Waals surface area contributed by atoms with Gasteiger partial charge < -0.3 is 5.11 Å². The van der Waals surface area contributed by atoms with Crippen molar-refractivity contribution in [2.75, 3.05) is 6.26 Å². The van der Waals surface area contributed by atoms with Crippen LogP contribution in [0.2, 0.25) is 0 Å². The Morgan fingerprint density at radius 3 is 2.48 bits per heavy atom. The molecule has 0 amide bonds. The number of carbonyl (C=O) groups is 1. The van der Waals surface area contributed by atoms with E-state index < -0.39 is 21.2 Å². The molecule has 2 unspecified atom stereocenters. The minimum absolute atomic E-state index is 0.182. The van der Waals surface area contributed by atoms with Crippen molar-refractivity contribution in [2.45, 2.75) is 48.1 Å². The van der Waals surface area contributed by atoms with Crippen LogP contribution in [0.5, 0.6) is 0 Å². The number of thiophene rings is 1. The van der Waals surface area contributed by atoms with Crippen molar-refractivity contribution in [3.05, 3.63) is 17.0 Å². The Bertz CT molecular complexity index is 655. The van der Waals surface area contributed by atoms with E-state index in [2.05, 4.69) is 0 Å². The van der Waals surface area contributed by atoms with Crippen LogP contribution >= 0.6 is 11.3 Å². The topological polar surface area (TPSA) is 71.4 Å². The Kier molecular flexibility index (Phi) is 3.64. The Morgan fingerprint density at radius 2 is 1.95 bits per heavy atom. The molecule has 2 saturated carbocycles. The van der Waals surface area contributed by atoms with Gasteiger partial charge in [-0.3, -0.25) is 4.79 Å². The zero-order valence-corrected chi connectivity index (χ0v) is 13.7. The smallest absolute Gasteiger partial charge is 0.315 e. The van der Waals surface area contributed by atoms with E-state index in [0.29, 0.717) is 17.2 Å². The lowest BCUT2D eigenvalue weighted by atomic mass is 9.82. The molecule has 2 atom stereocenters. The first-order valence-electron chi connectivity index (χ1n) is 7.39. The average Bonchev–Trinajstić information content (AvgIpc) is 2.99. The number of carboxylic acid groups (broad SMARTS) is 1. The molecular weight excluding hydrogens is 308 g/mol. The lowest BCUT2D eigenvalue weighted by molar-refractivity contribution is -0.140. The second kappa shape index (κ2) is 5.09. The van der Waals surface area contributed by atoms with Crippen LogP contribution in [0.25, 0.3) is 0 Å². The van der Waals surface area contributed by atoms with Gasteiger partial charge in [-0.25, -0.2) is 8.42 Å². The summed E-state index contributed by atoms with van der Waals surface area (Å²) in [5.41, 5.74) is -0.824. The molecule has 0 aliphatic heterocycles. The standard InChI is InChI=1S/C15H20O4S2/c1-21(18,19)13-8-7-12(20-13)15(14(16)17)9-11(15)10-5-3-2-4-6-10/h7-8,10-11H,2-6,9H2,1H3,(H,16,17). The van der Waals surface area contributed by atoms with E-state index in [1.165, 1.54) is 25.5 Å². The predicted octanol–water partition coefficient (Wildman–Crippen LogP) is 3.07. The summed E-state index contributed by atoms with van der Waals surface area (Å²) in [5, 5.41) is 9.73. The molecule has 0 radical (unpaired) electrons. The van der Waals surface area contributed by atoms with Crippen LogP contribution in [0.4, 0.5) is 0 Å². The number of hydrogen-bond acceptors (Lipinski definition) is 4. The summed E-state index contributed by atoms with van der Waals surface area (Å²) in [4.78, 5) is 12.6. The third kappa shape index (κ3) is 2.52. The van der Waals surface area contributed by atoms with E-state index in [1.54, 1.807) is 12.1 Å². The van der Waals surface area contributed by atoms with Crippen molar-refractivity contribution in [1.82, 2.24) is 0 Å². The third-order valence-electron chi connectivity index (χ3n) is 5.00. The van der Waals surface area contributed by atoms with Gasteiger partial charge in [-0.05, 0) is 30.4 Å². The molecule has 2 fully saturated rings. The summed E-state index contributed by atoms with van der Waals surface area (Å²) in [6.45, 7) is 0. The minimum atomic E-state index is -3.26. The van der Waals surface area contributed by atoms with Gasteiger partial charge in [-0.15, -0.1) is 11.3 Å². The fourth-order valence-corrected chi connectivity index (χ4v) is 5.97. The first-order chi connectivity index (χ1) is 9.85. The maximum atomic E-state index is 11.9. The summed E-state index contributed by atoms with van der Waals surface area (Å²) < 4.78 is 23.5. The van der Waals surface area contributed by atoms with Gasteiger partial charge in [0, 0.05) is 11.1 Å². The van der Waals surface area contributed by atoms with Gasteiger partial charge >= 0.3 is 5.97 Å². The first kappa shape index (κ1) is 15.0. The number of aliphatic carboxylic acids is 1. The van der Waals surface area contributed by atoms with Crippen LogP contribution in [0.1, 0.15) is 43.4 Å². The Morgan fingerprint density at radius 1 is 1.29 bits per heavy atom. The van der Waals surface area contributed by atoms with Crippen molar-refractivity contribution in [3.8, 4) is 0 Å². The van der Waals surface area contributed by atoms with E-state index in [-0.39, 0.29) is 10.1 Å². The maximum absolute atomic E-state index is 11.9. The molecule has 0 bridgehead atoms. The largest absolute Gasteiger partial charge is 0.481 e. The van der Waals surface area contributed by atoms with Crippen molar-refractivity contribution in [1.29, 1.82) is 0 Å². The van der Waals surface area contributed by atoms with Gasteiger partial charge in [0.05, 0.1) is 0 Å². The molecule has 0 aromatic carbocycles. The van der Waals surface area contributed by atoms with Crippen LogP contribution in [0.3, 0.4) is 0 Å². The van der Waals surface area contributed by atoms with Crippen molar-refractivity contribution < 1.29 is 18.3 Å². The molecule has 2 aliphatic rings. The fourth-order valence-electron chi connectivity index (χ4n) is 3.79. The highest BCUT2D eigenvalue weighted by molar-refractivity contribution is 7.92. The molecule has 3 rings (SSSR count). The number of rotatable bonds is 4. The average molecular weight is 328 g/mol. The van der Waals surface area contributed by atoms with Crippen molar-refractivity contribution in [3.63, 3.8) is 0 Å². The highest BCUT2D eigenvalue weighted by Gasteiger charge is 2.64. The van der Waals surface area contributed by atoms with Crippen molar-refractivity contribution in [2.24, 2.45) is 11.8 Å². The Balaban J connectivity index is 1.90. The predicted molar refractivity (Wildman–Crippen MR) is 81.4 cm³/mol. The molecule has 1 N–H and O–H groups in total. The van der Waals surface area contributed by atoms with Gasteiger partial charge in [0.25, 0.3) is 0 Å². The molecule has 6 heteroatoms. The Labute approximate surface area is 129 Å². The molecule has 4 nitrogen and oxygen atoms in total. The molecule has 21 heavy (non-hydrogen) atoms. The van der Waals surface area contributed by atoms with Crippen LogP contribution in [-0.4, -0.2) is 25.7 Å². The quantitative estimate of drug-likeness (QED) is 0.922. The normalized spacial score (nSPS) is 30.2. The zero-order valence-electron chi connectivity index (χ0n) is 12.0. The van der Waals surface area contributed by atoms with Gasteiger partial charge in [-0.1, -0.05) is 32.1 Å². The van der Waals surface area contributed by atoms with Gasteiger partial charge in [0.2, 0.25) is 0 Å². The third-order valence-corrected chi connectivity index (χ3v) is 8.08. The van der Waals surface area contributed by atoms with E-state index in [1.807, 2.05) is 0 Å². The summed E-state index contributed by atoms with van der Waals surface area (Å²) >= 11 is 1.14. The number of carboxylic acids is 1. The van der Waals surface area contributed by atoms with Gasteiger partial charge in [-0.2, -0.15) is 0 Å². The second-order valence-electron chi connectivity index (χ2n) is 6.38. The van der Waals surface area contributed by atoms with Crippen LogP contribution in [0, 0.1) is 11.8 Å². The highest BCUT2D eigenvalue weighted by Crippen LogP contribution is 2.62. The SMILES string of the molecule is CS(=O)(=O)c1ccc(C2(C(=O)O)CC2C2CCCCC2)s1. The lowest BCUT2D eigenvalue weighted by Crippen LogP contribution is -2.25. The summed E-state index contributed by atoms with van der Waals surface area (Å²) in [7, 11) is -3.26. The summed E-state index contributed by atoms with van der Waals surface area (Å²) in [5.74, 6) is -0.125. The molecule has 0 saturated heterocycles. The minimum Gasteiger partial charge on any atom is -0.481 e. The molecule has 1 aromatic rings. The van der Waals surface area contributed by atoms with E-state index in [4.69, 9.17) is 0 Å². The fraction of sp³-hybridized carbons (Fsp3) is 0.667. The van der Waals surface area contributed by atoms with Crippen LogP contribution in [0.15, 0.2) is 16.3 Å². The summed E-state index contributed by atoms with van der Waals surface area (Å²) in [6.07, 6.45) is 7.69.